The van der Waals surface area contributed by atoms with E-state index in [9.17, 15) is 18.0 Å². The number of hydrogen-bond acceptors (Lipinski definition) is 5. The molecule has 1 fully saturated rings. The van der Waals surface area contributed by atoms with E-state index in [1.54, 1.807) is 6.07 Å². The van der Waals surface area contributed by atoms with Gasteiger partial charge in [-0.1, -0.05) is 12.1 Å². The van der Waals surface area contributed by atoms with E-state index in [4.69, 9.17) is 4.74 Å². The predicted molar refractivity (Wildman–Crippen MR) is 88.9 cm³/mol. The Morgan fingerprint density at radius 1 is 1.19 bits per heavy atom. The Hall–Kier alpha value is -2.68. The first-order chi connectivity index (χ1) is 12.4. The number of nitrogens with one attached hydrogen (secondary N) is 2. The molecule has 1 saturated heterocycles. The highest BCUT2D eigenvalue weighted by Gasteiger charge is 2.33. The van der Waals surface area contributed by atoms with E-state index in [0.29, 0.717) is 12.4 Å². The molecule has 6 nitrogen and oxygen atoms in total. The molecule has 0 aliphatic carbocycles. The molecule has 1 unspecified atom stereocenters. The SMILES string of the molecule is O=C(Nc1ccccc1C(F)(F)F)c1ccc(NCC2CCCO2)nn1. The highest BCUT2D eigenvalue weighted by molar-refractivity contribution is 6.03. The Morgan fingerprint density at radius 3 is 2.65 bits per heavy atom. The van der Waals surface area contributed by atoms with Gasteiger partial charge >= 0.3 is 6.18 Å². The third-order valence-corrected chi connectivity index (χ3v) is 3.91. The normalized spacial score (nSPS) is 17.1. The van der Waals surface area contributed by atoms with Crippen LogP contribution in [0.2, 0.25) is 0 Å². The molecular weight excluding hydrogens is 349 g/mol. The van der Waals surface area contributed by atoms with E-state index >= 15 is 0 Å². The number of anilines is 2. The average molecular weight is 366 g/mol. The molecule has 2 heterocycles. The second-order valence-corrected chi connectivity index (χ2v) is 5.82. The molecule has 1 aliphatic rings. The minimum atomic E-state index is -4.56. The third kappa shape index (κ3) is 4.48. The number of carbonyl (C=O) groups excluding carboxylic acids is 1. The molecule has 2 aromatic rings. The topological polar surface area (TPSA) is 76.1 Å². The minimum absolute atomic E-state index is 0.0790. The van der Waals surface area contributed by atoms with Crippen molar-refractivity contribution in [2.24, 2.45) is 0 Å². The molecule has 1 amide bonds. The van der Waals surface area contributed by atoms with E-state index in [1.807, 2.05) is 0 Å². The number of halogens is 3. The zero-order valence-electron chi connectivity index (χ0n) is 13.7. The van der Waals surface area contributed by atoms with Crippen molar-refractivity contribution in [2.45, 2.75) is 25.1 Å². The van der Waals surface area contributed by atoms with E-state index in [2.05, 4.69) is 20.8 Å². The van der Waals surface area contributed by atoms with Crippen molar-refractivity contribution in [2.75, 3.05) is 23.8 Å². The first kappa shape index (κ1) is 18.1. The predicted octanol–water partition coefficient (Wildman–Crippen LogP) is 3.34. The van der Waals surface area contributed by atoms with Crippen LogP contribution in [0.4, 0.5) is 24.7 Å². The summed E-state index contributed by atoms with van der Waals surface area (Å²) in [6.07, 6.45) is -2.44. The van der Waals surface area contributed by atoms with Gasteiger partial charge in [-0.2, -0.15) is 13.2 Å². The van der Waals surface area contributed by atoms with Crippen LogP contribution < -0.4 is 10.6 Å². The molecule has 0 radical (unpaired) electrons. The number of nitrogens with zero attached hydrogens (tertiary/aromatic N) is 2. The standard InChI is InChI=1S/C17H17F3N4O2/c18-17(19,20)12-5-1-2-6-13(12)22-16(25)14-7-8-15(24-23-14)21-10-11-4-3-9-26-11/h1-2,5-8,11H,3-4,9-10H2,(H,21,24)(H,22,25). The van der Waals surface area contributed by atoms with Gasteiger partial charge in [0, 0.05) is 13.2 Å². The fourth-order valence-corrected chi connectivity index (χ4v) is 2.60. The van der Waals surface area contributed by atoms with Gasteiger partial charge in [-0.05, 0) is 37.1 Å². The Balaban J connectivity index is 1.63. The number of aromatic nitrogens is 2. The highest BCUT2D eigenvalue weighted by Crippen LogP contribution is 2.34. The summed E-state index contributed by atoms with van der Waals surface area (Å²) in [4.78, 5) is 12.2. The summed E-state index contributed by atoms with van der Waals surface area (Å²) in [5.41, 5.74) is -1.33. The van der Waals surface area contributed by atoms with Gasteiger partial charge in [0.25, 0.3) is 5.91 Å². The van der Waals surface area contributed by atoms with Gasteiger partial charge < -0.3 is 15.4 Å². The molecule has 1 aromatic carbocycles. The van der Waals surface area contributed by atoms with Crippen LogP contribution in [0.1, 0.15) is 28.9 Å². The Kier molecular flexibility index (Phi) is 5.36. The molecule has 1 aliphatic heterocycles. The van der Waals surface area contributed by atoms with Gasteiger partial charge in [-0.3, -0.25) is 4.79 Å². The fraction of sp³-hybridized carbons (Fsp3) is 0.353. The van der Waals surface area contributed by atoms with Crippen molar-refractivity contribution in [3.63, 3.8) is 0 Å². The van der Waals surface area contributed by atoms with Crippen LogP contribution >= 0.6 is 0 Å². The Labute approximate surface area is 147 Å². The molecule has 0 bridgehead atoms. The molecule has 0 saturated carbocycles. The zero-order valence-corrected chi connectivity index (χ0v) is 13.7. The summed E-state index contributed by atoms with van der Waals surface area (Å²) in [5.74, 6) is -0.299. The molecule has 1 atom stereocenters. The molecule has 1 aromatic heterocycles. The maximum atomic E-state index is 13.0. The Bertz CT molecular complexity index is 759. The minimum Gasteiger partial charge on any atom is -0.376 e. The van der Waals surface area contributed by atoms with Gasteiger partial charge in [0.2, 0.25) is 0 Å². The first-order valence-corrected chi connectivity index (χ1v) is 8.10. The van der Waals surface area contributed by atoms with Gasteiger partial charge in [-0.15, -0.1) is 10.2 Å². The van der Waals surface area contributed by atoms with E-state index in [1.165, 1.54) is 24.3 Å². The summed E-state index contributed by atoms with van der Waals surface area (Å²) in [5, 5.41) is 12.9. The van der Waals surface area contributed by atoms with Crippen molar-refractivity contribution < 1.29 is 22.7 Å². The molecule has 3 rings (SSSR count). The number of hydrogen-bond donors (Lipinski definition) is 2. The highest BCUT2D eigenvalue weighted by atomic mass is 19.4. The maximum absolute atomic E-state index is 13.0. The summed E-state index contributed by atoms with van der Waals surface area (Å²) in [6, 6.07) is 7.70. The van der Waals surface area contributed by atoms with Crippen molar-refractivity contribution in [1.82, 2.24) is 10.2 Å². The van der Waals surface area contributed by atoms with Crippen LogP contribution in [0.25, 0.3) is 0 Å². The van der Waals surface area contributed by atoms with Crippen LogP contribution in [-0.2, 0) is 10.9 Å². The number of ether oxygens (including phenoxy) is 1. The lowest BCUT2D eigenvalue weighted by Crippen LogP contribution is -2.20. The van der Waals surface area contributed by atoms with Crippen molar-refractivity contribution in [3.8, 4) is 0 Å². The van der Waals surface area contributed by atoms with E-state index < -0.39 is 17.6 Å². The van der Waals surface area contributed by atoms with Crippen LogP contribution in [0.3, 0.4) is 0 Å². The average Bonchev–Trinajstić information content (AvgIpc) is 3.13. The lowest BCUT2D eigenvalue weighted by molar-refractivity contribution is -0.136. The number of benzene rings is 1. The second kappa shape index (κ2) is 7.69. The summed E-state index contributed by atoms with van der Waals surface area (Å²) < 4.78 is 44.4. The third-order valence-electron chi connectivity index (χ3n) is 3.91. The lowest BCUT2D eigenvalue weighted by Gasteiger charge is -2.13. The van der Waals surface area contributed by atoms with Crippen molar-refractivity contribution in [3.05, 3.63) is 47.7 Å². The van der Waals surface area contributed by atoms with Crippen molar-refractivity contribution >= 4 is 17.4 Å². The smallest absolute Gasteiger partial charge is 0.376 e. The Morgan fingerprint density at radius 2 is 2.00 bits per heavy atom. The fourth-order valence-electron chi connectivity index (χ4n) is 2.60. The van der Waals surface area contributed by atoms with Gasteiger partial charge in [0.05, 0.1) is 17.4 Å². The molecule has 138 valence electrons. The van der Waals surface area contributed by atoms with E-state index in [-0.39, 0.29) is 17.5 Å². The first-order valence-electron chi connectivity index (χ1n) is 8.10. The summed E-state index contributed by atoms with van der Waals surface area (Å²) in [6.45, 7) is 1.33. The largest absolute Gasteiger partial charge is 0.418 e. The molecule has 9 heteroatoms. The maximum Gasteiger partial charge on any atom is 0.418 e. The molecule has 2 N–H and O–H groups in total. The van der Waals surface area contributed by atoms with E-state index in [0.717, 1.165) is 25.5 Å². The summed E-state index contributed by atoms with van der Waals surface area (Å²) in [7, 11) is 0. The number of carbonyl (C=O) groups is 1. The quantitative estimate of drug-likeness (QED) is 0.849. The van der Waals surface area contributed by atoms with Gasteiger partial charge in [0.15, 0.2) is 5.69 Å². The summed E-state index contributed by atoms with van der Waals surface area (Å²) >= 11 is 0. The van der Waals surface area contributed by atoms with Gasteiger partial charge in [-0.25, -0.2) is 0 Å². The zero-order chi connectivity index (χ0) is 18.6. The lowest BCUT2D eigenvalue weighted by atomic mass is 10.1. The van der Waals surface area contributed by atoms with Crippen LogP contribution in [-0.4, -0.2) is 35.4 Å². The number of rotatable bonds is 5. The monoisotopic (exact) mass is 366 g/mol. The molecular formula is C17H17F3N4O2. The number of para-hydroxylation sites is 1. The number of amides is 1. The van der Waals surface area contributed by atoms with Crippen molar-refractivity contribution in [1.29, 1.82) is 0 Å². The molecule has 0 spiro atoms. The van der Waals surface area contributed by atoms with Crippen LogP contribution in [0.5, 0.6) is 0 Å². The van der Waals surface area contributed by atoms with Crippen LogP contribution in [0.15, 0.2) is 36.4 Å². The molecule has 26 heavy (non-hydrogen) atoms. The number of alkyl halides is 3. The van der Waals surface area contributed by atoms with Gasteiger partial charge in [0.1, 0.15) is 5.82 Å². The van der Waals surface area contributed by atoms with Crippen LogP contribution in [0, 0.1) is 0 Å². The second-order valence-electron chi connectivity index (χ2n) is 5.82.